The zero-order chi connectivity index (χ0) is 21.3. The van der Waals surface area contributed by atoms with Crippen LogP contribution in [0.5, 0.6) is 11.5 Å². The molecule has 0 saturated heterocycles. The summed E-state index contributed by atoms with van der Waals surface area (Å²) >= 11 is 0. The highest BCUT2D eigenvalue weighted by Gasteiger charge is 2.07. The fourth-order valence-corrected chi connectivity index (χ4v) is 2.58. The summed E-state index contributed by atoms with van der Waals surface area (Å²) in [7, 11) is 1.53. The SMILES string of the molecule is COc1cccc(C(=O)N/N=C/c2ccccc2OCc2ccc([N+](=O)[O-])cc2)c1. The normalized spacial score (nSPS) is 10.6. The molecule has 0 heterocycles. The Labute approximate surface area is 172 Å². The molecule has 0 unspecified atom stereocenters. The van der Waals surface area contributed by atoms with E-state index in [2.05, 4.69) is 10.5 Å². The second-order valence-corrected chi connectivity index (χ2v) is 6.18. The van der Waals surface area contributed by atoms with Crippen LogP contribution in [0.3, 0.4) is 0 Å². The molecule has 0 saturated carbocycles. The number of carbonyl (C=O) groups excluding carboxylic acids is 1. The molecule has 0 aliphatic heterocycles. The quantitative estimate of drug-likeness (QED) is 0.347. The number of rotatable bonds is 8. The van der Waals surface area contributed by atoms with Gasteiger partial charge in [-0.3, -0.25) is 14.9 Å². The standard InChI is InChI=1S/C22H19N3O5/c1-29-20-7-4-6-17(13-20)22(26)24-23-14-18-5-2-3-8-21(18)30-15-16-9-11-19(12-10-16)25(27)28/h2-14H,15H2,1H3,(H,24,26)/b23-14+. The molecule has 3 aromatic carbocycles. The average molecular weight is 405 g/mol. The van der Waals surface area contributed by atoms with E-state index in [0.717, 1.165) is 5.56 Å². The molecule has 0 aliphatic rings. The Hall–Kier alpha value is -4.20. The summed E-state index contributed by atoms with van der Waals surface area (Å²) < 4.78 is 10.9. The lowest BCUT2D eigenvalue weighted by Gasteiger charge is -2.09. The maximum absolute atomic E-state index is 12.2. The number of nitrogens with one attached hydrogen (secondary N) is 1. The number of hydrogen-bond donors (Lipinski definition) is 1. The topological polar surface area (TPSA) is 103 Å². The Kier molecular flexibility index (Phi) is 6.73. The molecule has 0 aromatic heterocycles. The summed E-state index contributed by atoms with van der Waals surface area (Å²) in [5.41, 5.74) is 4.39. The number of benzene rings is 3. The van der Waals surface area contributed by atoms with Gasteiger partial charge in [0, 0.05) is 23.3 Å². The molecule has 0 fully saturated rings. The van der Waals surface area contributed by atoms with Crippen LogP contribution >= 0.6 is 0 Å². The second kappa shape index (κ2) is 9.83. The number of non-ortho nitro benzene ring substituents is 1. The van der Waals surface area contributed by atoms with Crippen LogP contribution in [0.15, 0.2) is 77.9 Å². The molecular formula is C22H19N3O5. The number of methoxy groups -OCH3 is 1. The third kappa shape index (κ3) is 5.41. The van der Waals surface area contributed by atoms with Gasteiger partial charge in [-0.05, 0) is 48.0 Å². The van der Waals surface area contributed by atoms with Crippen LogP contribution in [0, 0.1) is 10.1 Å². The van der Waals surface area contributed by atoms with Gasteiger partial charge < -0.3 is 9.47 Å². The first-order valence-electron chi connectivity index (χ1n) is 8.99. The Morgan fingerprint density at radius 1 is 1.10 bits per heavy atom. The molecule has 8 heteroatoms. The monoisotopic (exact) mass is 405 g/mol. The van der Waals surface area contributed by atoms with Gasteiger partial charge in [0.2, 0.25) is 0 Å². The van der Waals surface area contributed by atoms with E-state index < -0.39 is 4.92 Å². The average Bonchev–Trinajstić information content (AvgIpc) is 2.78. The first-order valence-corrected chi connectivity index (χ1v) is 8.99. The lowest BCUT2D eigenvalue weighted by molar-refractivity contribution is -0.384. The van der Waals surface area contributed by atoms with Crippen molar-refractivity contribution in [2.75, 3.05) is 7.11 Å². The van der Waals surface area contributed by atoms with Gasteiger partial charge in [0.05, 0.1) is 18.2 Å². The first-order chi connectivity index (χ1) is 14.6. The molecule has 3 aromatic rings. The van der Waals surface area contributed by atoms with E-state index in [1.54, 1.807) is 48.5 Å². The zero-order valence-corrected chi connectivity index (χ0v) is 16.1. The number of para-hydroxylation sites is 1. The predicted molar refractivity (Wildman–Crippen MR) is 112 cm³/mol. The Morgan fingerprint density at radius 3 is 2.60 bits per heavy atom. The van der Waals surface area contributed by atoms with Gasteiger partial charge in [0.1, 0.15) is 18.1 Å². The highest BCUT2D eigenvalue weighted by atomic mass is 16.6. The predicted octanol–water partition coefficient (Wildman–Crippen LogP) is 3.95. The number of hydrazone groups is 1. The Morgan fingerprint density at radius 2 is 1.87 bits per heavy atom. The highest BCUT2D eigenvalue weighted by Crippen LogP contribution is 2.19. The molecule has 0 aliphatic carbocycles. The van der Waals surface area contributed by atoms with E-state index in [1.165, 1.54) is 25.5 Å². The summed E-state index contributed by atoms with van der Waals surface area (Å²) in [5, 5.41) is 14.7. The summed E-state index contributed by atoms with van der Waals surface area (Å²) in [6.07, 6.45) is 1.49. The molecule has 0 radical (unpaired) electrons. The number of ether oxygens (including phenoxy) is 2. The zero-order valence-electron chi connectivity index (χ0n) is 16.1. The minimum atomic E-state index is -0.448. The molecular weight excluding hydrogens is 386 g/mol. The van der Waals surface area contributed by atoms with Crippen LogP contribution in [0.1, 0.15) is 21.5 Å². The molecule has 0 spiro atoms. The van der Waals surface area contributed by atoms with Gasteiger partial charge in [-0.25, -0.2) is 5.43 Å². The maximum atomic E-state index is 12.2. The van der Waals surface area contributed by atoms with Crippen molar-refractivity contribution in [2.24, 2.45) is 5.10 Å². The van der Waals surface area contributed by atoms with Gasteiger partial charge in [-0.1, -0.05) is 18.2 Å². The fraction of sp³-hybridized carbons (Fsp3) is 0.0909. The number of nitrogens with zero attached hydrogens (tertiary/aromatic N) is 2. The van der Waals surface area contributed by atoms with Gasteiger partial charge in [-0.2, -0.15) is 5.10 Å². The first kappa shape index (κ1) is 20.5. The fourth-order valence-electron chi connectivity index (χ4n) is 2.58. The van der Waals surface area contributed by atoms with Crippen molar-refractivity contribution in [1.82, 2.24) is 5.43 Å². The van der Waals surface area contributed by atoms with Crippen molar-refractivity contribution >= 4 is 17.8 Å². The summed E-state index contributed by atoms with van der Waals surface area (Å²) in [4.78, 5) is 22.5. The molecule has 8 nitrogen and oxygen atoms in total. The van der Waals surface area contributed by atoms with Crippen molar-refractivity contribution < 1.29 is 19.2 Å². The minimum Gasteiger partial charge on any atom is -0.497 e. The number of carbonyl (C=O) groups is 1. The smallest absolute Gasteiger partial charge is 0.271 e. The molecule has 0 bridgehead atoms. The van der Waals surface area contributed by atoms with Crippen LogP contribution in [0.25, 0.3) is 0 Å². The Balaban J connectivity index is 1.63. The van der Waals surface area contributed by atoms with E-state index in [4.69, 9.17) is 9.47 Å². The molecule has 152 valence electrons. The summed E-state index contributed by atoms with van der Waals surface area (Å²) in [5.74, 6) is 0.779. The van der Waals surface area contributed by atoms with E-state index in [0.29, 0.717) is 22.6 Å². The van der Waals surface area contributed by atoms with Crippen molar-refractivity contribution in [3.63, 3.8) is 0 Å². The van der Waals surface area contributed by atoms with Crippen LogP contribution in [-0.2, 0) is 6.61 Å². The van der Waals surface area contributed by atoms with Crippen molar-refractivity contribution in [2.45, 2.75) is 6.61 Å². The van der Waals surface area contributed by atoms with Crippen LogP contribution in [-0.4, -0.2) is 24.2 Å². The van der Waals surface area contributed by atoms with Crippen LogP contribution < -0.4 is 14.9 Å². The largest absolute Gasteiger partial charge is 0.497 e. The number of nitro groups is 1. The lowest BCUT2D eigenvalue weighted by Crippen LogP contribution is -2.17. The minimum absolute atomic E-state index is 0.0260. The highest BCUT2D eigenvalue weighted by molar-refractivity contribution is 5.95. The number of nitro benzene ring substituents is 1. The van der Waals surface area contributed by atoms with Gasteiger partial charge in [0.15, 0.2) is 0 Å². The van der Waals surface area contributed by atoms with E-state index in [9.17, 15) is 14.9 Å². The van der Waals surface area contributed by atoms with E-state index in [1.807, 2.05) is 12.1 Å². The summed E-state index contributed by atoms with van der Waals surface area (Å²) in [6.45, 7) is 0.235. The number of amides is 1. The molecule has 0 atom stereocenters. The van der Waals surface area contributed by atoms with Crippen molar-refractivity contribution in [3.05, 3.63) is 99.6 Å². The van der Waals surface area contributed by atoms with Crippen molar-refractivity contribution in [3.8, 4) is 11.5 Å². The van der Waals surface area contributed by atoms with E-state index >= 15 is 0 Å². The van der Waals surface area contributed by atoms with Crippen LogP contribution in [0.4, 0.5) is 5.69 Å². The molecule has 3 rings (SSSR count). The third-order valence-corrected chi connectivity index (χ3v) is 4.16. The summed E-state index contributed by atoms with van der Waals surface area (Å²) in [6, 6.07) is 20.1. The maximum Gasteiger partial charge on any atom is 0.271 e. The lowest BCUT2D eigenvalue weighted by atomic mass is 10.2. The Bertz CT molecular complexity index is 1060. The van der Waals surface area contributed by atoms with Gasteiger partial charge >= 0.3 is 0 Å². The molecule has 30 heavy (non-hydrogen) atoms. The third-order valence-electron chi connectivity index (χ3n) is 4.16. The number of hydrogen-bond acceptors (Lipinski definition) is 6. The molecule has 1 N–H and O–H groups in total. The van der Waals surface area contributed by atoms with Crippen LogP contribution in [0.2, 0.25) is 0 Å². The van der Waals surface area contributed by atoms with Gasteiger partial charge in [0.25, 0.3) is 11.6 Å². The van der Waals surface area contributed by atoms with E-state index in [-0.39, 0.29) is 18.2 Å². The van der Waals surface area contributed by atoms with Crippen molar-refractivity contribution in [1.29, 1.82) is 0 Å². The van der Waals surface area contributed by atoms with Gasteiger partial charge in [-0.15, -0.1) is 0 Å². The second-order valence-electron chi connectivity index (χ2n) is 6.18. The molecule has 1 amide bonds.